The molecule has 0 heterocycles. The summed E-state index contributed by atoms with van der Waals surface area (Å²) in [6, 6.07) is 7.99. The number of hydrogen-bond donors (Lipinski definition) is 1. The van der Waals surface area contributed by atoms with E-state index in [1.54, 1.807) is 0 Å². The van der Waals surface area contributed by atoms with Crippen molar-refractivity contribution in [2.75, 3.05) is 18.9 Å². The van der Waals surface area contributed by atoms with Crippen LogP contribution in [-0.4, -0.2) is 32.2 Å². The van der Waals surface area contributed by atoms with Crippen LogP contribution in [0.2, 0.25) is 5.02 Å². The Morgan fingerprint density at radius 3 is 2.42 bits per heavy atom. The van der Waals surface area contributed by atoms with E-state index < -0.39 is 34.1 Å². The fraction of sp³-hybridized carbons (Fsp3) is 0.133. The second-order valence-electron chi connectivity index (χ2n) is 4.89. The summed E-state index contributed by atoms with van der Waals surface area (Å²) in [4.78, 5) is 11.8. The van der Waals surface area contributed by atoms with E-state index in [9.17, 15) is 22.0 Å². The number of sulfonamides is 1. The van der Waals surface area contributed by atoms with E-state index in [2.05, 4.69) is 5.32 Å². The smallest absolute Gasteiger partial charge is 0.243 e. The molecule has 0 unspecified atom stereocenters. The first kappa shape index (κ1) is 18.3. The molecule has 0 saturated carbocycles. The van der Waals surface area contributed by atoms with Crippen LogP contribution in [0, 0.1) is 11.6 Å². The number of halogens is 3. The van der Waals surface area contributed by atoms with Gasteiger partial charge in [0.05, 0.1) is 17.1 Å². The second-order valence-corrected chi connectivity index (χ2v) is 7.37. The molecule has 5 nitrogen and oxygen atoms in total. The fourth-order valence-corrected chi connectivity index (χ4v) is 3.11. The van der Waals surface area contributed by atoms with E-state index in [0.29, 0.717) is 5.02 Å². The molecule has 0 radical (unpaired) electrons. The van der Waals surface area contributed by atoms with Gasteiger partial charge in [-0.3, -0.25) is 4.79 Å². The van der Waals surface area contributed by atoms with Gasteiger partial charge in [0.2, 0.25) is 15.9 Å². The molecule has 0 aromatic heterocycles. The van der Waals surface area contributed by atoms with Gasteiger partial charge in [0, 0.05) is 18.1 Å². The van der Waals surface area contributed by atoms with Crippen LogP contribution in [0.3, 0.4) is 0 Å². The zero-order chi connectivity index (χ0) is 17.9. The van der Waals surface area contributed by atoms with Gasteiger partial charge in [-0.15, -0.1) is 0 Å². The molecule has 1 N–H and O–H groups in total. The molecule has 2 aromatic carbocycles. The highest BCUT2D eigenvalue weighted by Crippen LogP contribution is 2.18. The lowest BCUT2D eigenvalue weighted by molar-refractivity contribution is -0.116. The minimum atomic E-state index is -3.92. The van der Waals surface area contributed by atoms with E-state index in [1.807, 2.05) is 0 Å². The van der Waals surface area contributed by atoms with E-state index in [-0.39, 0.29) is 10.6 Å². The maximum absolute atomic E-state index is 13.5. The van der Waals surface area contributed by atoms with Gasteiger partial charge in [0.15, 0.2) is 0 Å². The maximum atomic E-state index is 13.5. The second kappa shape index (κ2) is 7.25. The van der Waals surface area contributed by atoms with Gasteiger partial charge >= 0.3 is 0 Å². The molecule has 0 spiro atoms. The minimum absolute atomic E-state index is 0.0425. The Bertz CT molecular complexity index is 858. The first-order valence-electron chi connectivity index (χ1n) is 6.67. The van der Waals surface area contributed by atoms with Crippen LogP contribution in [0.4, 0.5) is 14.5 Å². The first-order valence-corrected chi connectivity index (χ1v) is 8.49. The molecule has 24 heavy (non-hydrogen) atoms. The molecule has 0 aliphatic carbocycles. The summed E-state index contributed by atoms with van der Waals surface area (Å²) in [5.41, 5.74) is -0.364. The quantitative estimate of drug-likeness (QED) is 0.875. The van der Waals surface area contributed by atoms with Crippen LogP contribution >= 0.6 is 11.6 Å². The Morgan fingerprint density at radius 1 is 1.17 bits per heavy atom. The van der Waals surface area contributed by atoms with Gasteiger partial charge in [-0.2, -0.15) is 4.31 Å². The zero-order valence-electron chi connectivity index (χ0n) is 12.5. The summed E-state index contributed by atoms with van der Waals surface area (Å²) in [6.45, 7) is -0.569. The Balaban J connectivity index is 2.10. The molecule has 128 valence electrons. The van der Waals surface area contributed by atoms with Crippen molar-refractivity contribution in [2.24, 2.45) is 0 Å². The van der Waals surface area contributed by atoms with Gasteiger partial charge in [-0.25, -0.2) is 17.2 Å². The fourth-order valence-electron chi connectivity index (χ4n) is 1.86. The average molecular weight is 375 g/mol. The molecule has 2 rings (SSSR count). The lowest BCUT2D eigenvalue weighted by atomic mass is 10.3. The third-order valence-corrected chi connectivity index (χ3v) is 5.16. The monoisotopic (exact) mass is 374 g/mol. The highest BCUT2D eigenvalue weighted by Gasteiger charge is 2.23. The Morgan fingerprint density at radius 2 is 1.79 bits per heavy atom. The zero-order valence-corrected chi connectivity index (χ0v) is 14.0. The normalized spacial score (nSPS) is 11.5. The third-order valence-electron chi connectivity index (χ3n) is 3.09. The SMILES string of the molecule is CN(CC(=O)Nc1cc(F)ccc1F)S(=O)(=O)c1ccc(Cl)cc1. The molecule has 0 aliphatic heterocycles. The molecule has 2 aromatic rings. The molecule has 0 fully saturated rings. The van der Waals surface area contributed by atoms with Gasteiger partial charge in [0.1, 0.15) is 11.6 Å². The van der Waals surface area contributed by atoms with Crippen molar-refractivity contribution < 1.29 is 22.0 Å². The largest absolute Gasteiger partial charge is 0.322 e. The van der Waals surface area contributed by atoms with Gasteiger partial charge < -0.3 is 5.32 Å². The number of anilines is 1. The number of rotatable bonds is 5. The molecular formula is C15H13ClF2N2O3S. The number of amides is 1. The predicted octanol–water partition coefficient (Wildman–Crippen LogP) is 2.88. The summed E-state index contributed by atoms with van der Waals surface area (Å²) in [5, 5.41) is 2.50. The van der Waals surface area contributed by atoms with E-state index in [1.165, 1.54) is 31.3 Å². The third kappa shape index (κ3) is 4.28. The summed E-state index contributed by atoms with van der Waals surface area (Å²) in [7, 11) is -2.72. The Hall–Kier alpha value is -2.03. The molecule has 0 aliphatic rings. The van der Waals surface area contributed by atoms with Crippen LogP contribution in [0.15, 0.2) is 47.4 Å². The minimum Gasteiger partial charge on any atom is -0.322 e. The number of nitrogens with zero attached hydrogens (tertiary/aromatic N) is 1. The lowest BCUT2D eigenvalue weighted by Gasteiger charge is -2.17. The lowest BCUT2D eigenvalue weighted by Crippen LogP contribution is -2.35. The topological polar surface area (TPSA) is 66.5 Å². The summed E-state index contributed by atoms with van der Waals surface area (Å²) < 4.78 is 52.0. The van der Waals surface area contributed by atoms with E-state index in [4.69, 9.17) is 11.6 Å². The van der Waals surface area contributed by atoms with Crippen molar-refractivity contribution in [3.63, 3.8) is 0 Å². The highest BCUT2D eigenvalue weighted by atomic mass is 35.5. The van der Waals surface area contributed by atoms with E-state index in [0.717, 1.165) is 22.5 Å². The average Bonchev–Trinajstić information content (AvgIpc) is 2.51. The maximum Gasteiger partial charge on any atom is 0.243 e. The van der Waals surface area contributed by atoms with Crippen LogP contribution in [0.1, 0.15) is 0 Å². The first-order chi connectivity index (χ1) is 11.2. The molecular weight excluding hydrogens is 362 g/mol. The predicted molar refractivity (Wildman–Crippen MR) is 86.3 cm³/mol. The number of benzene rings is 2. The van der Waals surface area contributed by atoms with Crippen molar-refractivity contribution in [1.29, 1.82) is 0 Å². The van der Waals surface area contributed by atoms with Gasteiger partial charge in [-0.1, -0.05) is 11.6 Å². The number of nitrogens with one attached hydrogen (secondary N) is 1. The van der Waals surface area contributed by atoms with Crippen molar-refractivity contribution in [2.45, 2.75) is 4.90 Å². The van der Waals surface area contributed by atoms with Crippen molar-refractivity contribution in [3.8, 4) is 0 Å². The number of likely N-dealkylation sites (N-methyl/N-ethyl adjacent to an activating group) is 1. The van der Waals surface area contributed by atoms with Crippen molar-refractivity contribution in [3.05, 3.63) is 59.1 Å². The molecule has 1 amide bonds. The Labute approximate surface area is 142 Å². The van der Waals surface area contributed by atoms with Crippen LogP contribution in [0.5, 0.6) is 0 Å². The summed E-state index contributed by atoms with van der Waals surface area (Å²) in [6.07, 6.45) is 0. The van der Waals surface area contributed by atoms with Crippen molar-refractivity contribution in [1.82, 2.24) is 4.31 Å². The van der Waals surface area contributed by atoms with Crippen LogP contribution < -0.4 is 5.32 Å². The Kier molecular flexibility index (Phi) is 5.53. The number of hydrogen-bond acceptors (Lipinski definition) is 3. The van der Waals surface area contributed by atoms with Crippen LogP contribution in [-0.2, 0) is 14.8 Å². The molecule has 0 atom stereocenters. The standard InChI is InChI=1S/C15H13ClF2N2O3S/c1-20(24(22,23)12-5-2-10(16)3-6-12)9-15(21)19-14-8-11(17)4-7-13(14)18/h2-8H,9H2,1H3,(H,19,21). The van der Waals surface area contributed by atoms with Crippen molar-refractivity contribution >= 4 is 33.2 Å². The summed E-state index contributed by atoms with van der Waals surface area (Å²) >= 11 is 5.70. The van der Waals surface area contributed by atoms with Crippen LogP contribution in [0.25, 0.3) is 0 Å². The number of carbonyl (C=O) groups excluding carboxylic acids is 1. The van der Waals surface area contributed by atoms with Gasteiger partial charge in [0.25, 0.3) is 0 Å². The highest BCUT2D eigenvalue weighted by molar-refractivity contribution is 7.89. The number of carbonyl (C=O) groups is 1. The van der Waals surface area contributed by atoms with E-state index >= 15 is 0 Å². The molecule has 0 saturated heterocycles. The summed E-state index contributed by atoms with van der Waals surface area (Å²) in [5.74, 6) is -2.36. The van der Waals surface area contributed by atoms with Gasteiger partial charge in [-0.05, 0) is 36.4 Å². The molecule has 0 bridgehead atoms. The molecule has 9 heteroatoms.